The second-order valence-corrected chi connectivity index (χ2v) is 6.01. The molecule has 1 aliphatic rings. The molecule has 1 rings (SSSR count). The second kappa shape index (κ2) is 7.47. The van der Waals surface area contributed by atoms with E-state index in [-0.39, 0.29) is 12.0 Å². The van der Waals surface area contributed by atoms with E-state index in [2.05, 4.69) is 10.2 Å². The Hall–Kier alpha value is -1.30. The lowest BCUT2D eigenvalue weighted by molar-refractivity contribution is -0.121. The van der Waals surface area contributed by atoms with Crippen LogP contribution in [0.4, 0.5) is 4.79 Å². The van der Waals surface area contributed by atoms with Gasteiger partial charge in [0.1, 0.15) is 5.60 Å². The molecule has 0 bridgehead atoms. The van der Waals surface area contributed by atoms with Crippen molar-refractivity contribution >= 4 is 12.0 Å². The first-order valence-electron chi connectivity index (χ1n) is 7.29. The molecular formula is C14H27N3O3. The van der Waals surface area contributed by atoms with Crippen molar-refractivity contribution in [2.45, 2.75) is 39.7 Å². The number of nitrogens with one attached hydrogen (secondary N) is 1. The number of amides is 2. The van der Waals surface area contributed by atoms with Gasteiger partial charge in [0.05, 0.1) is 0 Å². The molecule has 2 amide bonds. The molecule has 116 valence electrons. The summed E-state index contributed by atoms with van der Waals surface area (Å²) < 4.78 is 5.35. The van der Waals surface area contributed by atoms with Gasteiger partial charge in [-0.2, -0.15) is 0 Å². The zero-order valence-corrected chi connectivity index (χ0v) is 13.1. The summed E-state index contributed by atoms with van der Waals surface area (Å²) in [6.07, 6.45) is 0.265. The van der Waals surface area contributed by atoms with Crippen molar-refractivity contribution in [1.29, 1.82) is 0 Å². The lowest BCUT2D eigenvalue weighted by atomic mass is 10.2. The molecule has 0 unspecified atom stereocenters. The molecule has 1 aliphatic heterocycles. The molecule has 0 atom stereocenters. The van der Waals surface area contributed by atoms with E-state index in [0.717, 1.165) is 19.6 Å². The fourth-order valence-electron chi connectivity index (χ4n) is 2.03. The van der Waals surface area contributed by atoms with Gasteiger partial charge in [-0.1, -0.05) is 0 Å². The average Bonchev–Trinajstić information content (AvgIpc) is 2.35. The van der Waals surface area contributed by atoms with Gasteiger partial charge in [-0.15, -0.1) is 0 Å². The number of carbonyl (C=O) groups excluding carboxylic acids is 2. The molecule has 6 nitrogen and oxygen atoms in total. The smallest absolute Gasteiger partial charge is 0.410 e. The van der Waals surface area contributed by atoms with Crippen molar-refractivity contribution in [3.8, 4) is 0 Å². The molecule has 0 spiro atoms. The zero-order chi connectivity index (χ0) is 15.2. The van der Waals surface area contributed by atoms with Crippen molar-refractivity contribution in [1.82, 2.24) is 15.1 Å². The maximum atomic E-state index is 11.9. The monoisotopic (exact) mass is 285 g/mol. The van der Waals surface area contributed by atoms with Crippen LogP contribution in [0.15, 0.2) is 0 Å². The third kappa shape index (κ3) is 6.23. The topological polar surface area (TPSA) is 61.9 Å². The third-order valence-corrected chi connectivity index (χ3v) is 3.05. The Labute approximate surface area is 121 Å². The molecule has 6 heteroatoms. The molecule has 0 aliphatic carbocycles. The summed E-state index contributed by atoms with van der Waals surface area (Å²) in [6, 6.07) is 0. The highest BCUT2D eigenvalue weighted by Crippen LogP contribution is 2.11. The van der Waals surface area contributed by atoms with E-state index < -0.39 is 5.60 Å². The highest BCUT2D eigenvalue weighted by atomic mass is 16.6. The van der Waals surface area contributed by atoms with Crippen LogP contribution >= 0.6 is 0 Å². The van der Waals surface area contributed by atoms with E-state index in [1.165, 1.54) is 0 Å². The Kier molecular flexibility index (Phi) is 6.26. The third-order valence-electron chi connectivity index (χ3n) is 3.05. The number of ether oxygens (including phenoxy) is 1. The van der Waals surface area contributed by atoms with Crippen LogP contribution in [0, 0.1) is 0 Å². The minimum atomic E-state index is -0.452. The van der Waals surface area contributed by atoms with Gasteiger partial charge < -0.3 is 15.0 Å². The molecule has 1 fully saturated rings. The maximum absolute atomic E-state index is 11.9. The van der Waals surface area contributed by atoms with Crippen LogP contribution in [0.5, 0.6) is 0 Å². The molecule has 0 aromatic heterocycles. The fraction of sp³-hybridized carbons (Fsp3) is 0.857. The van der Waals surface area contributed by atoms with E-state index in [0.29, 0.717) is 26.1 Å². The Balaban J connectivity index is 2.26. The van der Waals surface area contributed by atoms with Crippen LogP contribution in [-0.4, -0.2) is 66.7 Å². The van der Waals surface area contributed by atoms with Gasteiger partial charge in [0.15, 0.2) is 0 Å². The summed E-state index contributed by atoms with van der Waals surface area (Å²) in [5.41, 5.74) is -0.452. The number of hydrogen-bond donors (Lipinski definition) is 1. The number of hydrogen-bond acceptors (Lipinski definition) is 4. The number of piperazine rings is 1. The van der Waals surface area contributed by atoms with Gasteiger partial charge in [-0.3, -0.25) is 9.69 Å². The van der Waals surface area contributed by atoms with Gasteiger partial charge in [-0.05, 0) is 27.7 Å². The predicted octanol–water partition coefficient (Wildman–Crippen LogP) is 1.07. The maximum Gasteiger partial charge on any atom is 0.410 e. The highest BCUT2D eigenvalue weighted by Gasteiger charge is 2.25. The van der Waals surface area contributed by atoms with Crippen molar-refractivity contribution in [2.24, 2.45) is 0 Å². The molecule has 0 aromatic carbocycles. The molecule has 1 saturated heterocycles. The summed E-state index contributed by atoms with van der Waals surface area (Å²) in [4.78, 5) is 27.2. The molecule has 0 aromatic rings. The van der Waals surface area contributed by atoms with Crippen LogP contribution in [-0.2, 0) is 9.53 Å². The van der Waals surface area contributed by atoms with Gasteiger partial charge in [0.2, 0.25) is 5.91 Å². The zero-order valence-electron chi connectivity index (χ0n) is 13.1. The Morgan fingerprint density at radius 1 is 1.15 bits per heavy atom. The van der Waals surface area contributed by atoms with Crippen LogP contribution in [0.3, 0.4) is 0 Å². The van der Waals surface area contributed by atoms with E-state index >= 15 is 0 Å². The Bertz CT molecular complexity index is 331. The van der Waals surface area contributed by atoms with Crippen LogP contribution in [0.1, 0.15) is 34.1 Å². The first-order chi connectivity index (χ1) is 9.31. The normalized spacial score (nSPS) is 16.9. The SMILES string of the molecule is CCNC(=O)CCN1CCN(C(=O)OC(C)(C)C)CC1. The van der Waals surface area contributed by atoms with Crippen molar-refractivity contribution in [3.05, 3.63) is 0 Å². The van der Waals surface area contributed by atoms with Crippen molar-refractivity contribution < 1.29 is 14.3 Å². The summed E-state index contributed by atoms with van der Waals surface area (Å²) in [5.74, 6) is 0.0853. The summed E-state index contributed by atoms with van der Waals surface area (Å²) in [5, 5.41) is 2.79. The standard InChI is InChI=1S/C14H27N3O3/c1-5-15-12(18)6-7-16-8-10-17(11-9-16)13(19)20-14(2,3)4/h5-11H2,1-4H3,(H,15,18). The van der Waals surface area contributed by atoms with E-state index in [4.69, 9.17) is 4.74 Å². The molecular weight excluding hydrogens is 258 g/mol. The Morgan fingerprint density at radius 3 is 2.25 bits per heavy atom. The van der Waals surface area contributed by atoms with Gasteiger partial charge in [0.25, 0.3) is 0 Å². The lowest BCUT2D eigenvalue weighted by Crippen LogP contribution is -2.50. The Morgan fingerprint density at radius 2 is 1.75 bits per heavy atom. The van der Waals surface area contributed by atoms with E-state index in [1.54, 1.807) is 4.90 Å². The highest BCUT2D eigenvalue weighted by molar-refractivity contribution is 5.75. The quantitative estimate of drug-likeness (QED) is 0.839. The van der Waals surface area contributed by atoms with Gasteiger partial charge >= 0.3 is 6.09 Å². The number of nitrogens with zero attached hydrogens (tertiary/aromatic N) is 2. The largest absolute Gasteiger partial charge is 0.444 e. The van der Waals surface area contributed by atoms with E-state index in [1.807, 2.05) is 27.7 Å². The minimum absolute atomic E-state index is 0.0853. The minimum Gasteiger partial charge on any atom is -0.444 e. The van der Waals surface area contributed by atoms with E-state index in [9.17, 15) is 9.59 Å². The second-order valence-electron chi connectivity index (χ2n) is 6.01. The molecule has 1 N–H and O–H groups in total. The molecule has 1 heterocycles. The summed E-state index contributed by atoms with van der Waals surface area (Å²) in [7, 11) is 0. The van der Waals surface area contributed by atoms with Crippen molar-refractivity contribution in [2.75, 3.05) is 39.3 Å². The van der Waals surface area contributed by atoms with Crippen LogP contribution < -0.4 is 5.32 Å². The number of carbonyl (C=O) groups is 2. The molecule has 0 radical (unpaired) electrons. The number of rotatable bonds is 4. The van der Waals surface area contributed by atoms with Crippen LogP contribution in [0.25, 0.3) is 0 Å². The van der Waals surface area contributed by atoms with Crippen LogP contribution in [0.2, 0.25) is 0 Å². The summed E-state index contributed by atoms with van der Waals surface area (Å²) >= 11 is 0. The predicted molar refractivity (Wildman–Crippen MR) is 77.5 cm³/mol. The lowest BCUT2D eigenvalue weighted by Gasteiger charge is -2.35. The molecule has 20 heavy (non-hydrogen) atoms. The summed E-state index contributed by atoms with van der Waals surface area (Å²) in [6.45, 7) is 11.8. The fourth-order valence-corrected chi connectivity index (χ4v) is 2.03. The average molecular weight is 285 g/mol. The first-order valence-corrected chi connectivity index (χ1v) is 7.29. The van der Waals surface area contributed by atoms with Gasteiger partial charge in [0, 0.05) is 45.7 Å². The molecule has 0 saturated carbocycles. The van der Waals surface area contributed by atoms with Gasteiger partial charge in [-0.25, -0.2) is 4.79 Å². The first kappa shape index (κ1) is 16.8. The van der Waals surface area contributed by atoms with Crippen molar-refractivity contribution in [3.63, 3.8) is 0 Å².